The number of ether oxygens (including phenoxy) is 2. The molecule has 1 aliphatic carbocycles. The molecule has 1 aromatic rings. The largest absolute Gasteiger partial charge is 0.493 e. The Bertz CT molecular complexity index is 402. The summed E-state index contributed by atoms with van der Waals surface area (Å²) in [7, 11) is 1.70. The quantitative estimate of drug-likeness (QED) is 0.663. The highest BCUT2D eigenvalue weighted by atomic mass is 16.5. The van der Waals surface area contributed by atoms with Crippen molar-refractivity contribution in [3.05, 3.63) is 23.8 Å². The minimum absolute atomic E-state index is 0.769. The number of methoxy groups -OCH3 is 1. The Morgan fingerprint density at radius 3 is 2.70 bits per heavy atom. The Morgan fingerprint density at radius 1 is 1.15 bits per heavy atom. The van der Waals surface area contributed by atoms with Crippen LogP contribution in [0.15, 0.2) is 18.2 Å². The van der Waals surface area contributed by atoms with Crippen LogP contribution in [0.2, 0.25) is 0 Å². The molecule has 0 amide bonds. The highest BCUT2D eigenvalue weighted by Gasteiger charge is 2.19. The SMILES string of the molecule is CCc1ccc(OCCCCCNC2CC2)c(OC)c1. The summed E-state index contributed by atoms with van der Waals surface area (Å²) in [6, 6.07) is 7.02. The molecule has 0 atom stereocenters. The molecule has 0 heterocycles. The van der Waals surface area contributed by atoms with Crippen molar-refractivity contribution in [2.45, 2.75) is 51.5 Å². The van der Waals surface area contributed by atoms with Crippen LogP contribution in [0.5, 0.6) is 11.5 Å². The van der Waals surface area contributed by atoms with Gasteiger partial charge in [0.05, 0.1) is 13.7 Å². The third kappa shape index (κ3) is 5.04. The number of rotatable bonds is 10. The predicted molar refractivity (Wildman–Crippen MR) is 82.7 cm³/mol. The molecule has 0 aliphatic heterocycles. The van der Waals surface area contributed by atoms with Crippen molar-refractivity contribution in [3.8, 4) is 11.5 Å². The zero-order valence-corrected chi connectivity index (χ0v) is 12.8. The smallest absolute Gasteiger partial charge is 0.161 e. The van der Waals surface area contributed by atoms with Gasteiger partial charge in [-0.1, -0.05) is 13.0 Å². The second-order valence-electron chi connectivity index (χ2n) is 5.48. The molecule has 0 radical (unpaired) electrons. The normalized spacial score (nSPS) is 14.3. The van der Waals surface area contributed by atoms with Gasteiger partial charge in [0.15, 0.2) is 11.5 Å². The van der Waals surface area contributed by atoms with Gasteiger partial charge in [-0.25, -0.2) is 0 Å². The molecular weight excluding hydrogens is 250 g/mol. The maximum absolute atomic E-state index is 5.82. The minimum atomic E-state index is 0.769. The van der Waals surface area contributed by atoms with Gasteiger partial charge in [-0.3, -0.25) is 0 Å². The molecule has 1 fully saturated rings. The summed E-state index contributed by atoms with van der Waals surface area (Å²) in [5, 5.41) is 3.54. The second kappa shape index (κ2) is 8.15. The molecule has 3 nitrogen and oxygen atoms in total. The van der Waals surface area contributed by atoms with Crippen molar-refractivity contribution in [1.29, 1.82) is 0 Å². The van der Waals surface area contributed by atoms with Crippen LogP contribution in [0.3, 0.4) is 0 Å². The molecule has 0 bridgehead atoms. The summed E-state index contributed by atoms with van der Waals surface area (Å²) < 4.78 is 11.2. The lowest BCUT2D eigenvalue weighted by Gasteiger charge is -2.11. The van der Waals surface area contributed by atoms with Gasteiger partial charge in [-0.05, 0) is 62.8 Å². The lowest BCUT2D eigenvalue weighted by atomic mass is 10.1. The van der Waals surface area contributed by atoms with Gasteiger partial charge >= 0.3 is 0 Å². The summed E-state index contributed by atoms with van der Waals surface area (Å²) in [6.07, 6.45) is 7.32. The van der Waals surface area contributed by atoms with Gasteiger partial charge < -0.3 is 14.8 Å². The average Bonchev–Trinajstić information content (AvgIpc) is 3.30. The molecule has 1 N–H and O–H groups in total. The Labute approximate surface area is 122 Å². The van der Waals surface area contributed by atoms with E-state index in [4.69, 9.17) is 9.47 Å². The lowest BCUT2D eigenvalue weighted by molar-refractivity contribution is 0.285. The van der Waals surface area contributed by atoms with E-state index in [1.54, 1.807) is 7.11 Å². The predicted octanol–water partition coefficient (Wildman–Crippen LogP) is 3.56. The first-order valence-corrected chi connectivity index (χ1v) is 7.86. The molecule has 0 aromatic heterocycles. The van der Waals surface area contributed by atoms with Crippen LogP contribution in [0.1, 0.15) is 44.6 Å². The number of nitrogens with one attached hydrogen (secondary N) is 1. The van der Waals surface area contributed by atoms with E-state index < -0.39 is 0 Å². The third-order valence-corrected chi connectivity index (χ3v) is 3.73. The van der Waals surface area contributed by atoms with Crippen molar-refractivity contribution in [1.82, 2.24) is 5.32 Å². The van der Waals surface area contributed by atoms with Crippen LogP contribution in [0.25, 0.3) is 0 Å². The molecule has 1 aromatic carbocycles. The van der Waals surface area contributed by atoms with Crippen molar-refractivity contribution in [2.75, 3.05) is 20.3 Å². The molecule has 1 aliphatic rings. The highest BCUT2D eigenvalue weighted by molar-refractivity contribution is 5.42. The lowest BCUT2D eigenvalue weighted by Crippen LogP contribution is -2.17. The Morgan fingerprint density at radius 2 is 2.00 bits per heavy atom. The summed E-state index contributed by atoms with van der Waals surface area (Å²) in [4.78, 5) is 0. The number of aryl methyl sites for hydroxylation is 1. The summed E-state index contributed by atoms with van der Waals surface area (Å²) in [6.45, 7) is 4.06. The molecule has 0 saturated heterocycles. The number of hydrogen-bond acceptors (Lipinski definition) is 3. The standard InChI is InChI=1S/C17H27NO2/c1-3-14-7-10-16(17(13-14)19-2)20-12-6-4-5-11-18-15-8-9-15/h7,10,13,15,18H,3-6,8-9,11-12H2,1-2H3. The average molecular weight is 277 g/mol. The molecule has 2 rings (SSSR count). The van der Waals surface area contributed by atoms with Crippen LogP contribution in [0.4, 0.5) is 0 Å². The summed E-state index contributed by atoms with van der Waals surface area (Å²) in [5.74, 6) is 1.71. The van der Waals surface area contributed by atoms with E-state index in [1.807, 2.05) is 6.07 Å². The van der Waals surface area contributed by atoms with Gasteiger partial charge in [-0.2, -0.15) is 0 Å². The first kappa shape index (κ1) is 15.2. The van der Waals surface area contributed by atoms with Crippen molar-refractivity contribution in [2.24, 2.45) is 0 Å². The zero-order chi connectivity index (χ0) is 14.2. The van der Waals surface area contributed by atoms with Crippen LogP contribution < -0.4 is 14.8 Å². The molecule has 112 valence electrons. The molecule has 0 spiro atoms. The highest BCUT2D eigenvalue weighted by Crippen LogP contribution is 2.28. The van der Waals surface area contributed by atoms with Crippen molar-refractivity contribution >= 4 is 0 Å². The molecule has 0 unspecified atom stereocenters. The van der Waals surface area contributed by atoms with Crippen LogP contribution in [0, 0.1) is 0 Å². The number of unbranched alkanes of at least 4 members (excludes halogenated alkanes) is 2. The maximum Gasteiger partial charge on any atom is 0.161 e. The first-order valence-electron chi connectivity index (χ1n) is 7.86. The third-order valence-electron chi connectivity index (χ3n) is 3.73. The van der Waals surface area contributed by atoms with Gasteiger partial charge in [0.25, 0.3) is 0 Å². The van der Waals surface area contributed by atoms with Gasteiger partial charge in [0, 0.05) is 6.04 Å². The van der Waals surface area contributed by atoms with Crippen LogP contribution >= 0.6 is 0 Å². The maximum atomic E-state index is 5.82. The van der Waals surface area contributed by atoms with Gasteiger partial charge in [0.1, 0.15) is 0 Å². The van der Waals surface area contributed by atoms with Crippen LogP contribution in [-0.2, 0) is 6.42 Å². The fourth-order valence-corrected chi connectivity index (χ4v) is 2.23. The van der Waals surface area contributed by atoms with E-state index in [-0.39, 0.29) is 0 Å². The van der Waals surface area contributed by atoms with Crippen molar-refractivity contribution in [3.63, 3.8) is 0 Å². The van der Waals surface area contributed by atoms with Gasteiger partial charge in [0.2, 0.25) is 0 Å². The van der Waals surface area contributed by atoms with E-state index in [0.717, 1.165) is 43.5 Å². The fourth-order valence-electron chi connectivity index (χ4n) is 2.23. The number of benzene rings is 1. The monoisotopic (exact) mass is 277 g/mol. The minimum Gasteiger partial charge on any atom is -0.493 e. The second-order valence-corrected chi connectivity index (χ2v) is 5.48. The molecular formula is C17H27NO2. The van der Waals surface area contributed by atoms with E-state index in [2.05, 4.69) is 24.4 Å². The van der Waals surface area contributed by atoms with Crippen molar-refractivity contribution < 1.29 is 9.47 Å². The van der Waals surface area contributed by atoms with E-state index in [1.165, 1.54) is 31.2 Å². The summed E-state index contributed by atoms with van der Waals surface area (Å²) >= 11 is 0. The topological polar surface area (TPSA) is 30.5 Å². The Kier molecular flexibility index (Phi) is 6.19. The van der Waals surface area contributed by atoms with Gasteiger partial charge in [-0.15, -0.1) is 0 Å². The Balaban J connectivity index is 1.62. The molecule has 20 heavy (non-hydrogen) atoms. The van der Waals surface area contributed by atoms with Crippen LogP contribution in [-0.4, -0.2) is 26.3 Å². The number of hydrogen-bond donors (Lipinski definition) is 1. The van der Waals surface area contributed by atoms with E-state index in [9.17, 15) is 0 Å². The zero-order valence-electron chi connectivity index (χ0n) is 12.8. The molecule has 3 heteroatoms. The molecule has 1 saturated carbocycles. The fraction of sp³-hybridized carbons (Fsp3) is 0.647. The Hall–Kier alpha value is -1.22. The first-order chi connectivity index (χ1) is 9.83. The van der Waals surface area contributed by atoms with E-state index in [0.29, 0.717) is 0 Å². The summed E-state index contributed by atoms with van der Waals surface area (Å²) in [5.41, 5.74) is 1.28. The van der Waals surface area contributed by atoms with E-state index >= 15 is 0 Å².